The summed E-state index contributed by atoms with van der Waals surface area (Å²) in [5, 5.41) is 14.5. The van der Waals surface area contributed by atoms with Crippen molar-refractivity contribution in [2.75, 3.05) is 20.3 Å². The third-order valence-electron chi connectivity index (χ3n) is 1.66. The van der Waals surface area contributed by atoms with Gasteiger partial charge in [0, 0.05) is 19.4 Å². The maximum Gasteiger partial charge on any atom is 0.254 e. The SMILES string of the molecule is COCCNC(=O)C/C(C)=N/NC(=O)CC#N. The van der Waals surface area contributed by atoms with E-state index in [2.05, 4.69) is 15.8 Å². The van der Waals surface area contributed by atoms with Crippen LogP contribution in [0.1, 0.15) is 19.8 Å². The van der Waals surface area contributed by atoms with Crippen molar-refractivity contribution in [1.29, 1.82) is 5.26 Å². The van der Waals surface area contributed by atoms with Crippen LogP contribution < -0.4 is 10.7 Å². The third kappa shape index (κ3) is 9.02. The van der Waals surface area contributed by atoms with E-state index < -0.39 is 5.91 Å². The highest BCUT2D eigenvalue weighted by atomic mass is 16.5. The highest BCUT2D eigenvalue weighted by Crippen LogP contribution is 1.86. The molecular formula is C10H16N4O3. The van der Waals surface area contributed by atoms with Gasteiger partial charge in [-0.2, -0.15) is 10.4 Å². The molecular weight excluding hydrogens is 224 g/mol. The molecule has 0 unspecified atom stereocenters. The van der Waals surface area contributed by atoms with Crippen molar-refractivity contribution in [3.05, 3.63) is 0 Å². The minimum Gasteiger partial charge on any atom is -0.383 e. The summed E-state index contributed by atoms with van der Waals surface area (Å²) in [5.74, 6) is -0.690. The number of hydrogen-bond acceptors (Lipinski definition) is 5. The number of methoxy groups -OCH3 is 1. The highest BCUT2D eigenvalue weighted by molar-refractivity contribution is 6.00. The number of amides is 2. The lowest BCUT2D eigenvalue weighted by molar-refractivity contribution is -0.121. The molecule has 7 heteroatoms. The van der Waals surface area contributed by atoms with Crippen LogP contribution in [0.3, 0.4) is 0 Å². The summed E-state index contributed by atoms with van der Waals surface area (Å²) < 4.78 is 4.77. The number of carbonyl (C=O) groups excluding carboxylic acids is 2. The van der Waals surface area contributed by atoms with Crippen molar-refractivity contribution in [2.45, 2.75) is 19.8 Å². The van der Waals surface area contributed by atoms with Gasteiger partial charge in [-0.25, -0.2) is 5.43 Å². The molecule has 7 nitrogen and oxygen atoms in total. The minimum absolute atomic E-state index is 0.0938. The topological polar surface area (TPSA) is 104 Å². The molecule has 0 aliphatic carbocycles. The Balaban J connectivity index is 3.87. The molecule has 0 rings (SSSR count). The van der Waals surface area contributed by atoms with E-state index in [-0.39, 0.29) is 18.7 Å². The fourth-order valence-corrected chi connectivity index (χ4v) is 0.896. The van der Waals surface area contributed by atoms with Gasteiger partial charge in [-0.15, -0.1) is 0 Å². The molecule has 17 heavy (non-hydrogen) atoms. The smallest absolute Gasteiger partial charge is 0.254 e. The average molecular weight is 240 g/mol. The van der Waals surface area contributed by atoms with Crippen LogP contribution in [0, 0.1) is 11.3 Å². The van der Waals surface area contributed by atoms with E-state index >= 15 is 0 Å². The number of nitrogens with one attached hydrogen (secondary N) is 2. The normalized spacial score (nSPS) is 10.5. The van der Waals surface area contributed by atoms with Gasteiger partial charge in [0.05, 0.1) is 19.1 Å². The van der Waals surface area contributed by atoms with Crippen LogP contribution in [0.4, 0.5) is 0 Å². The predicted molar refractivity (Wildman–Crippen MR) is 61.0 cm³/mol. The molecule has 2 amide bonds. The largest absolute Gasteiger partial charge is 0.383 e. The number of nitriles is 1. The molecule has 0 aromatic rings. The number of ether oxygens (including phenoxy) is 1. The molecule has 0 aromatic carbocycles. The Morgan fingerprint density at radius 2 is 2.12 bits per heavy atom. The van der Waals surface area contributed by atoms with E-state index in [0.29, 0.717) is 18.9 Å². The molecule has 2 N–H and O–H groups in total. The van der Waals surface area contributed by atoms with E-state index in [1.54, 1.807) is 20.1 Å². The third-order valence-corrected chi connectivity index (χ3v) is 1.66. The molecule has 0 fully saturated rings. The maximum absolute atomic E-state index is 11.3. The second kappa shape index (κ2) is 9.30. The van der Waals surface area contributed by atoms with Gasteiger partial charge in [-0.3, -0.25) is 9.59 Å². The number of hydrazone groups is 1. The lowest BCUT2D eigenvalue weighted by Gasteiger charge is -2.04. The summed E-state index contributed by atoms with van der Waals surface area (Å²) in [6.45, 7) is 2.49. The van der Waals surface area contributed by atoms with E-state index in [9.17, 15) is 9.59 Å². The Bertz CT molecular complexity index is 333. The van der Waals surface area contributed by atoms with Crippen molar-refractivity contribution in [2.24, 2.45) is 5.10 Å². The van der Waals surface area contributed by atoms with Crippen LogP contribution >= 0.6 is 0 Å². The van der Waals surface area contributed by atoms with Gasteiger partial charge in [0.2, 0.25) is 5.91 Å². The number of carbonyl (C=O) groups is 2. The summed E-state index contributed by atoms with van der Waals surface area (Å²) in [6, 6.07) is 1.69. The quantitative estimate of drug-likeness (QED) is 0.357. The number of nitrogens with zero attached hydrogens (tertiary/aromatic N) is 2. The van der Waals surface area contributed by atoms with Crippen LogP contribution in [0.2, 0.25) is 0 Å². The second-order valence-corrected chi connectivity index (χ2v) is 3.24. The molecule has 0 spiro atoms. The van der Waals surface area contributed by atoms with Crippen LogP contribution in [0.15, 0.2) is 5.10 Å². The maximum atomic E-state index is 11.3. The van der Waals surface area contributed by atoms with E-state index in [0.717, 1.165) is 0 Å². The zero-order valence-corrected chi connectivity index (χ0v) is 9.95. The Morgan fingerprint density at radius 1 is 1.41 bits per heavy atom. The van der Waals surface area contributed by atoms with E-state index in [1.165, 1.54) is 0 Å². The van der Waals surface area contributed by atoms with Gasteiger partial charge in [0.1, 0.15) is 6.42 Å². The monoisotopic (exact) mass is 240 g/mol. The van der Waals surface area contributed by atoms with Gasteiger partial charge in [0.15, 0.2) is 0 Å². The zero-order valence-electron chi connectivity index (χ0n) is 9.95. The first-order chi connectivity index (χ1) is 8.10. The van der Waals surface area contributed by atoms with E-state index in [4.69, 9.17) is 10.00 Å². The van der Waals surface area contributed by atoms with Gasteiger partial charge >= 0.3 is 0 Å². The van der Waals surface area contributed by atoms with Crippen molar-refractivity contribution < 1.29 is 14.3 Å². The van der Waals surface area contributed by atoms with Gasteiger partial charge in [-0.1, -0.05) is 0 Å². The van der Waals surface area contributed by atoms with Crippen molar-refractivity contribution in [1.82, 2.24) is 10.7 Å². The van der Waals surface area contributed by atoms with Crippen molar-refractivity contribution in [3.63, 3.8) is 0 Å². The van der Waals surface area contributed by atoms with Gasteiger partial charge in [0.25, 0.3) is 5.91 Å². The first-order valence-electron chi connectivity index (χ1n) is 5.04. The zero-order chi connectivity index (χ0) is 13.1. The Kier molecular flexibility index (Phi) is 8.24. The Labute approximate surface area is 99.8 Å². The molecule has 0 atom stereocenters. The molecule has 0 radical (unpaired) electrons. The Hall–Kier alpha value is -1.94. The van der Waals surface area contributed by atoms with Crippen LogP contribution in [-0.2, 0) is 14.3 Å². The second-order valence-electron chi connectivity index (χ2n) is 3.24. The van der Waals surface area contributed by atoms with Gasteiger partial charge in [-0.05, 0) is 6.92 Å². The van der Waals surface area contributed by atoms with Crippen LogP contribution in [-0.4, -0.2) is 37.8 Å². The summed E-state index contributed by atoms with van der Waals surface area (Å²) in [6.07, 6.45) is -0.159. The summed E-state index contributed by atoms with van der Waals surface area (Å²) in [4.78, 5) is 22.2. The molecule has 0 heterocycles. The molecule has 0 saturated carbocycles. The van der Waals surface area contributed by atoms with Gasteiger partial charge < -0.3 is 10.1 Å². The first-order valence-corrected chi connectivity index (χ1v) is 5.04. The molecule has 0 aromatic heterocycles. The lowest BCUT2D eigenvalue weighted by Crippen LogP contribution is -2.29. The van der Waals surface area contributed by atoms with E-state index in [1.807, 2.05) is 0 Å². The minimum atomic E-state index is -0.494. The predicted octanol–water partition coefficient (Wildman–Crippen LogP) is -0.455. The summed E-state index contributed by atoms with van der Waals surface area (Å²) in [7, 11) is 1.55. The molecule has 0 aliphatic rings. The number of hydrogen-bond donors (Lipinski definition) is 2. The van der Waals surface area contributed by atoms with Crippen LogP contribution in [0.5, 0.6) is 0 Å². The van der Waals surface area contributed by atoms with Crippen LogP contribution in [0.25, 0.3) is 0 Å². The lowest BCUT2D eigenvalue weighted by atomic mass is 10.3. The molecule has 0 aliphatic heterocycles. The summed E-state index contributed by atoms with van der Waals surface area (Å²) in [5.41, 5.74) is 2.64. The fraction of sp³-hybridized carbons (Fsp3) is 0.600. The standard InChI is InChI=1S/C10H16N4O3/c1-8(13-14-9(15)3-4-11)7-10(16)12-5-6-17-2/h3,5-7H2,1-2H3,(H,12,16)(H,14,15)/b13-8+. The number of rotatable bonds is 7. The van der Waals surface area contributed by atoms with Crippen molar-refractivity contribution >= 4 is 17.5 Å². The molecule has 0 saturated heterocycles. The molecule has 94 valence electrons. The summed E-state index contributed by atoms with van der Waals surface area (Å²) >= 11 is 0. The molecule has 0 bridgehead atoms. The fourth-order valence-electron chi connectivity index (χ4n) is 0.896. The highest BCUT2D eigenvalue weighted by Gasteiger charge is 2.03. The average Bonchev–Trinajstić information content (AvgIpc) is 2.27. The van der Waals surface area contributed by atoms with Crippen molar-refractivity contribution in [3.8, 4) is 6.07 Å². The Morgan fingerprint density at radius 3 is 2.71 bits per heavy atom. The first kappa shape index (κ1) is 15.1.